The van der Waals surface area contributed by atoms with Crippen LogP contribution in [0.15, 0.2) is 302 Å². The van der Waals surface area contributed by atoms with Crippen LogP contribution in [0.25, 0.3) is 177 Å². The molecule has 6 heterocycles. The molecule has 6 aromatic heterocycles. The molecule has 19 rings (SSSR count). The molecular formula is C82H50BrN7. The Morgan fingerprint density at radius 1 is 0.256 bits per heavy atom. The minimum absolute atomic E-state index is 0.646. The van der Waals surface area contributed by atoms with Crippen molar-refractivity contribution in [2.24, 2.45) is 0 Å². The molecule has 0 fully saturated rings. The summed E-state index contributed by atoms with van der Waals surface area (Å²) in [5.41, 5.74) is 23.1. The van der Waals surface area contributed by atoms with E-state index >= 15 is 0 Å². The quantitative estimate of drug-likeness (QED) is 0.165. The van der Waals surface area contributed by atoms with Gasteiger partial charge in [-0.15, -0.1) is 0 Å². The van der Waals surface area contributed by atoms with Crippen molar-refractivity contribution >= 4 is 125 Å². The van der Waals surface area contributed by atoms with Crippen LogP contribution >= 0.6 is 15.9 Å². The summed E-state index contributed by atoms with van der Waals surface area (Å²) < 4.78 is 10.5. The predicted molar refractivity (Wildman–Crippen MR) is 378 cm³/mol. The maximum absolute atomic E-state index is 5.50. The van der Waals surface area contributed by atoms with Crippen LogP contribution in [0.1, 0.15) is 0 Å². The van der Waals surface area contributed by atoms with Crippen molar-refractivity contribution in [2.75, 3.05) is 0 Å². The molecule has 0 bridgehead atoms. The van der Waals surface area contributed by atoms with Gasteiger partial charge in [0.15, 0.2) is 5.82 Å². The van der Waals surface area contributed by atoms with Gasteiger partial charge in [-0.1, -0.05) is 174 Å². The fraction of sp³-hybridized carbons (Fsp3) is 0. The van der Waals surface area contributed by atoms with Crippen molar-refractivity contribution in [3.8, 4) is 67.6 Å². The Morgan fingerprint density at radius 2 is 0.622 bits per heavy atom. The van der Waals surface area contributed by atoms with Gasteiger partial charge >= 0.3 is 0 Å². The number of rotatable bonds is 8. The third-order valence-electron chi connectivity index (χ3n) is 18.6. The molecule has 0 aliphatic heterocycles. The zero-order chi connectivity index (χ0) is 59.1. The fourth-order valence-corrected chi connectivity index (χ4v) is 14.9. The average Bonchev–Trinajstić information content (AvgIpc) is 1.71. The first kappa shape index (κ1) is 50.6. The zero-order valence-electron chi connectivity index (χ0n) is 48.4. The number of aromatic amines is 1. The minimum Gasteiger partial charge on any atom is -0.339 e. The highest BCUT2D eigenvalue weighted by Crippen LogP contribution is 2.43. The highest BCUT2D eigenvalue weighted by molar-refractivity contribution is 9.10. The molecular weight excluding hydrogens is 1160 g/mol. The molecule has 0 aliphatic rings. The van der Waals surface area contributed by atoms with Crippen LogP contribution in [0.4, 0.5) is 0 Å². The van der Waals surface area contributed by atoms with Gasteiger partial charge in [-0.3, -0.25) is 0 Å². The van der Waals surface area contributed by atoms with Gasteiger partial charge in [0.05, 0.1) is 55.2 Å². The topological polar surface area (TPSA) is 61.3 Å². The largest absolute Gasteiger partial charge is 0.339 e. The number of hydrogen-bond donors (Lipinski definition) is 1. The molecule has 0 radical (unpaired) electrons. The Labute approximate surface area is 524 Å². The van der Waals surface area contributed by atoms with Gasteiger partial charge in [0.1, 0.15) is 5.65 Å². The lowest BCUT2D eigenvalue weighted by Gasteiger charge is -2.12. The average molecular weight is 1210 g/mol. The third kappa shape index (κ3) is 7.71. The number of nitrogens with zero attached hydrogens (tertiary/aromatic N) is 6. The van der Waals surface area contributed by atoms with Crippen LogP contribution < -0.4 is 0 Å². The Morgan fingerprint density at radius 3 is 1.11 bits per heavy atom. The monoisotopic (exact) mass is 1210 g/mol. The standard InChI is InChI=1S/C82H50BrN7/c83-56-35-42-70-69(49-56)79-80(50-27-36-59(37-28-50)87-73-25-13-9-21-63(73)67-45-52(33-43-75(67)87)54-31-40-65-61-19-7-11-23-71(61)89(77(65)47-54)57-15-3-1-4-16-57)85-81(86-82(79)84-70)51-29-38-60(39-30-51)88-74-26-14-10-22-64(74)68-46-53(34-44-76(68)88)55-32-41-66-62-20-8-12-24-72(62)90(78(66)48-55)58-17-5-2-6-18-58/h1-49H,(H,84,85,86). The third-order valence-corrected chi connectivity index (χ3v) is 19.1. The lowest BCUT2D eigenvalue weighted by atomic mass is 10.0. The lowest BCUT2D eigenvalue weighted by Crippen LogP contribution is -1.97. The summed E-state index contributed by atoms with van der Waals surface area (Å²) in [5, 5.41) is 11.8. The minimum atomic E-state index is 0.646. The zero-order valence-corrected chi connectivity index (χ0v) is 49.9. The van der Waals surface area contributed by atoms with Crippen molar-refractivity contribution < 1.29 is 0 Å². The van der Waals surface area contributed by atoms with Gasteiger partial charge in [-0.25, -0.2) is 9.97 Å². The summed E-state index contributed by atoms with van der Waals surface area (Å²) in [6.45, 7) is 0. The van der Waals surface area contributed by atoms with E-state index in [2.05, 4.69) is 336 Å². The number of H-pyrrole nitrogens is 1. The normalized spacial score (nSPS) is 12.1. The van der Waals surface area contributed by atoms with E-state index in [9.17, 15) is 0 Å². The second-order valence-corrected chi connectivity index (χ2v) is 24.5. The Balaban J connectivity index is 0.685. The van der Waals surface area contributed by atoms with E-state index in [1.165, 1.54) is 87.4 Å². The molecule has 0 aliphatic carbocycles. The molecule has 0 saturated heterocycles. The molecule has 90 heavy (non-hydrogen) atoms. The molecule has 0 saturated carbocycles. The molecule has 0 amide bonds. The SMILES string of the molecule is Brc1ccc2[nH]c3nc(-c4ccc(-n5c6ccccc6c6cc(-c7ccc8c9ccccc9n(-c9ccccc9)c8c7)ccc65)cc4)nc(-c4ccc(-n5c6ccccc6c6cc(-c7ccc8c9ccccc9n(-c9ccccc9)c8c7)ccc65)cc4)c3c2c1. The van der Waals surface area contributed by atoms with E-state index in [4.69, 9.17) is 9.97 Å². The second kappa shape index (κ2) is 19.7. The number of fused-ring (bicyclic) bond motifs is 15. The summed E-state index contributed by atoms with van der Waals surface area (Å²) >= 11 is 3.78. The molecule has 0 unspecified atom stereocenters. The molecule has 13 aromatic carbocycles. The summed E-state index contributed by atoms with van der Waals surface area (Å²) in [4.78, 5) is 14.5. The van der Waals surface area contributed by atoms with Crippen LogP contribution in [0.5, 0.6) is 0 Å². The van der Waals surface area contributed by atoms with Crippen LogP contribution in [0, 0.1) is 0 Å². The first-order chi connectivity index (χ1) is 44.5. The summed E-state index contributed by atoms with van der Waals surface area (Å²) in [7, 11) is 0. The molecule has 0 spiro atoms. The van der Waals surface area contributed by atoms with Gasteiger partial charge in [0, 0.05) is 92.3 Å². The van der Waals surface area contributed by atoms with Gasteiger partial charge in [0.2, 0.25) is 0 Å². The van der Waals surface area contributed by atoms with E-state index in [1.54, 1.807) is 0 Å². The first-order valence-electron chi connectivity index (χ1n) is 30.5. The molecule has 0 atom stereocenters. The van der Waals surface area contributed by atoms with Crippen LogP contribution in [-0.4, -0.2) is 33.2 Å². The van der Waals surface area contributed by atoms with E-state index in [0.717, 1.165) is 88.0 Å². The first-order valence-corrected chi connectivity index (χ1v) is 31.3. The maximum atomic E-state index is 5.50. The maximum Gasteiger partial charge on any atom is 0.162 e. The van der Waals surface area contributed by atoms with Gasteiger partial charge in [-0.2, -0.15) is 0 Å². The van der Waals surface area contributed by atoms with Crippen molar-refractivity contribution in [1.82, 2.24) is 33.2 Å². The van der Waals surface area contributed by atoms with E-state index in [0.29, 0.717) is 5.82 Å². The number of halogens is 1. The smallest absolute Gasteiger partial charge is 0.162 e. The molecule has 1 N–H and O–H groups in total. The molecule has 7 nitrogen and oxygen atoms in total. The summed E-state index contributed by atoms with van der Waals surface area (Å²) in [5.74, 6) is 0.646. The van der Waals surface area contributed by atoms with Crippen LogP contribution in [0.2, 0.25) is 0 Å². The molecule has 420 valence electrons. The number of nitrogens with one attached hydrogen (secondary N) is 1. The number of hydrogen-bond acceptors (Lipinski definition) is 2. The second-order valence-electron chi connectivity index (χ2n) is 23.5. The number of para-hydroxylation sites is 6. The number of aromatic nitrogens is 7. The van der Waals surface area contributed by atoms with E-state index in [-0.39, 0.29) is 0 Å². The number of benzene rings is 13. The van der Waals surface area contributed by atoms with E-state index < -0.39 is 0 Å². The van der Waals surface area contributed by atoms with E-state index in [1.807, 2.05) is 0 Å². The van der Waals surface area contributed by atoms with Crippen LogP contribution in [-0.2, 0) is 0 Å². The van der Waals surface area contributed by atoms with Gasteiger partial charge in [0.25, 0.3) is 0 Å². The Kier molecular flexibility index (Phi) is 11.1. The predicted octanol–water partition coefficient (Wildman–Crippen LogP) is 21.9. The lowest BCUT2D eigenvalue weighted by molar-refractivity contribution is 1.17. The highest BCUT2D eigenvalue weighted by atomic mass is 79.9. The molecule has 19 aromatic rings. The summed E-state index contributed by atoms with van der Waals surface area (Å²) in [6.07, 6.45) is 0. The van der Waals surface area contributed by atoms with Crippen LogP contribution in [0.3, 0.4) is 0 Å². The van der Waals surface area contributed by atoms with Gasteiger partial charge in [-0.05, 0) is 162 Å². The molecule has 8 heteroatoms. The van der Waals surface area contributed by atoms with Gasteiger partial charge < -0.3 is 23.3 Å². The Bertz CT molecular complexity index is 6140. The highest BCUT2D eigenvalue weighted by Gasteiger charge is 2.22. The van der Waals surface area contributed by atoms with Crippen molar-refractivity contribution in [3.05, 3.63) is 302 Å². The Hall–Kier alpha value is -11.6. The van der Waals surface area contributed by atoms with Crippen molar-refractivity contribution in [1.29, 1.82) is 0 Å². The van der Waals surface area contributed by atoms with Crippen molar-refractivity contribution in [2.45, 2.75) is 0 Å². The fourth-order valence-electron chi connectivity index (χ4n) is 14.5. The summed E-state index contributed by atoms with van der Waals surface area (Å²) in [6, 6.07) is 108. The van der Waals surface area contributed by atoms with Crippen molar-refractivity contribution in [3.63, 3.8) is 0 Å².